The summed E-state index contributed by atoms with van der Waals surface area (Å²) < 4.78 is 0. The molecule has 0 heteroatoms. The molecule has 0 nitrogen and oxygen atoms in total. The molecule has 0 radical (unpaired) electrons. The SMILES string of the molecule is CC.Cc1ccc(C#CC2=CC(C3CCCC3)=C(C#Cc3ccc(C)cc3)CC2)cc1. The van der Waals surface area contributed by atoms with Crippen molar-refractivity contribution < 1.29 is 0 Å². The van der Waals surface area contributed by atoms with Crippen LogP contribution < -0.4 is 0 Å². The molecule has 158 valence electrons. The van der Waals surface area contributed by atoms with Gasteiger partial charge in [-0.3, -0.25) is 0 Å². The Labute approximate surface area is 189 Å². The molecule has 0 N–H and O–H groups in total. The van der Waals surface area contributed by atoms with Crippen LogP contribution in [-0.4, -0.2) is 0 Å². The maximum absolute atomic E-state index is 3.52. The van der Waals surface area contributed by atoms with Crippen molar-refractivity contribution in [2.24, 2.45) is 5.92 Å². The van der Waals surface area contributed by atoms with Gasteiger partial charge >= 0.3 is 0 Å². The Balaban J connectivity index is 0.00000132. The maximum Gasteiger partial charge on any atom is 0.0249 e. The van der Waals surface area contributed by atoms with Gasteiger partial charge < -0.3 is 0 Å². The first-order valence-electron chi connectivity index (χ1n) is 11.8. The molecule has 2 aliphatic carbocycles. The molecule has 0 unspecified atom stereocenters. The molecule has 2 aromatic carbocycles. The lowest BCUT2D eigenvalue weighted by Crippen LogP contribution is -2.06. The topological polar surface area (TPSA) is 0 Å². The lowest BCUT2D eigenvalue weighted by atomic mass is 9.84. The zero-order valence-corrected chi connectivity index (χ0v) is 19.5. The van der Waals surface area contributed by atoms with Crippen LogP contribution in [0.25, 0.3) is 0 Å². The molecule has 0 spiro atoms. The van der Waals surface area contributed by atoms with Crippen molar-refractivity contribution in [3.05, 3.63) is 93.6 Å². The Bertz CT molecular complexity index is 1050. The molecule has 0 saturated heterocycles. The van der Waals surface area contributed by atoms with Crippen molar-refractivity contribution in [2.45, 2.75) is 66.2 Å². The largest absolute Gasteiger partial charge is 0.0683 e. The van der Waals surface area contributed by atoms with E-state index in [1.807, 2.05) is 13.8 Å². The lowest BCUT2D eigenvalue weighted by Gasteiger charge is -2.19. The van der Waals surface area contributed by atoms with Gasteiger partial charge in [0.15, 0.2) is 0 Å². The Kier molecular flexibility index (Phi) is 8.38. The number of benzene rings is 2. The number of hydrogen-bond acceptors (Lipinski definition) is 0. The Morgan fingerprint density at radius 3 is 1.71 bits per heavy atom. The first-order chi connectivity index (χ1) is 15.2. The minimum Gasteiger partial charge on any atom is -0.0683 e. The van der Waals surface area contributed by atoms with Crippen LogP contribution in [-0.2, 0) is 0 Å². The van der Waals surface area contributed by atoms with E-state index in [9.17, 15) is 0 Å². The van der Waals surface area contributed by atoms with Gasteiger partial charge in [0.2, 0.25) is 0 Å². The molecule has 0 bridgehead atoms. The Morgan fingerprint density at radius 1 is 0.645 bits per heavy atom. The molecule has 0 aromatic heterocycles. The van der Waals surface area contributed by atoms with Gasteiger partial charge in [0.05, 0.1) is 0 Å². The van der Waals surface area contributed by atoms with E-state index >= 15 is 0 Å². The van der Waals surface area contributed by atoms with Crippen LogP contribution in [0.5, 0.6) is 0 Å². The molecule has 2 aliphatic rings. The summed E-state index contributed by atoms with van der Waals surface area (Å²) in [5, 5.41) is 0. The van der Waals surface area contributed by atoms with E-state index < -0.39 is 0 Å². The average Bonchev–Trinajstić information content (AvgIpc) is 3.35. The monoisotopic (exact) mass is 406 g/mol. The second kappa shape index (κ2) is 11.4. The first-order valence-corrected chi connectivity index (χ1v) is 11.8. The van der Waals surface area contributed by atoms with Gasteiger partial charge in [0.1, 0.15) is 0 Å². The molecule has 31 heavy (non-hydrogen) atoms. The van der Waals surface area contributed by atoms with Gasteiger partial charge in [-0.25, -0.2) is 0 Å². The van der Waals surface area contributed by atoms with Gasteiger partial charge in [-0.05, 0) is 81.4 Å². The summed E-state index contributed by atoms with van der Waals surface area (Å²) in [6, 6.07) is 17.0. The van der Waals surface area contributed by atoms with Crippen molar-refractivity contribution in [3.63, 3.8) is 0 Å². The van der Waals surface area contributed by atoms with Crippen LogP contribution in [0.2, 0.25) is 0 Å². The highest BCUT2D eigenvalue weighted by Gasteiger charge is 2.23. The Morgan fingerprint density at radius 2 is 1.16 bits per heavy atom. The zero-order chi connectivity index (χ0) is 22.1. The lowest BCUT2D eigenvalue weighted by molar-refractivity contribution is 0.643. The highest BCUT2D eigenvalue weighted by atomic mass is 14.3. The van der Waals surface area contributed by atoms with Crippen molar-refractivity contribution >= 4 is 0 Å². The van der Waals surface area contributed by atoms with E-state index in [4.69, 9.17) is 0 Å². The molecular formula is C31H34. The molecular weight excluding hydrogens is 372 g/mol. The molecule has 0 heterocycles. The zero-order valence-electron chi connectivity index (χ0n) is 19.5. The van der Waals surface area contributed by atoms with Crippen LogP contribution in [0, 0.1) is 43.4 Å². The van der Waals surface area contributed by atoms with Crippen molar-refractivity contribution in [2.75, 3.05) is 0 Å². The normalized spacial score (nSPS) is 15.7. The van der Waals surface area contributed by atoms with E-state index in [0.29, 0.717) is 5.92 Å². The highest BCUT2D eigenvalue weighted by molar-refractivity contribution is 5.52. The van der Waals surface area contributed by atoms with E-state index in [1.54, 1.807) is 0 Å². The summed E-state index contributed by atoms with van der Waals surface area (Å²) in [5.74, 6) is 14.4. The van der Waals surface area contributed by atoms with Gasteiger partial charge in [0, 0.05) is 22.3 Å². The second-order valence-electron chi connectivity index (χ2n) is 8.32. The fourth-order valence-electron chi connectivity index (χ4n) is 4.16. The second-order valence-corrected chi connectivity index (χ2v) is 8.32. The summed E-state index contributed by atoms with van der Waals surface area (Å²) >= 11 is 0. The molecule has 1 fully saturated rings. The molecule has 1 saturated carbocycles. The van der Waals surface area contributed by atoms with Gasteiger partial charge in [-0.15, -0.1) is 0 Å². The standard InChI is InChI=1S/C29H28.C2H6/c1-22-7-11-24(12-8-22)15-16-26-18-20-28(29(21-26)27-5-3-4-6-27)19-17-25-13-9-23(2)10-14-25;1-2/h7-14,21,27H,3-6,18,20H2,1-2H3;1-2H3. The minimum atomic E-state index is 0.661. The fourth-order valence-corrected chi connectivity index (χ4v) is 4.16. The molecule has 2 aromatic rings. The number of aryl methyl sites for hydroxylation is 2. The van der Waals surface area contributed by atoms with E-state index in [0.717, 1.165) is 24.0 Å². The first kappa shape index (κ1) is 22.7. The number of hydrogen-bond donors (Lipinski definition) is 0. The molecule has 0 amide bonds. The molecule has 0 atom stereocenters. The van der Waals surface area contributed by atoms with Crippen molar-refractivity contribution in [1.29, 1.82) is 0 Å². The van der Waals surface area contributed by atoms with Crippen molar-refractivity contribution in [1.82, 2.24) is 0 Å². The van der Waals surface area contributed by atoms with E-state index in [1.165, 1.54) is 53.5 Å². The third kappa shape index (κ3) is 6.51. The fraction of sp³-hybridized carbons (Fsp3) is 0.355. The molecule has 4 rings (SSSR count). The van der Waals surface area contributed by atoms with Crippen LogP contribution in [0.3, 0.4) is 0 Å². The summed E-state index contributed by atoms with van der Waals surface area (Å²) in [6.45, 7) is 8.22. The summed E-state index contributed by atoms with van der Waals surface area (Å²) in [5.41, 5.74) is 8.79. The Hall–Kier alpha value is -2.96. The summed E-state index contributed by atoms with van der Waals surface area (Å²) in [7, 11) is 0. The van der Waals surface area contributed by atoms with Crippen LogP contribution >= 0.6 is 0 Å². The molecule has 0 aliphatic heterocycles. The smallest absolute Gasteiger partial charge is 0.0249 e. The van der Waals surface area contributed by atoms with Gasteiger partial charge in [-0.2, -0.15) is 0 Å². The highest BCUT2D eigenvalue weighted by Crippen LogP contribution is 2.37. The quantitative estimate of drug-likeness (QED) is 0.422. The predicted molar refractivity (Wildman–Crippen MR) is 134 cm³/mol. The maximum atomic E-state index is 3.52. The number of rotatable bonds is 1. The summed E-state index contributed by atoms with van der Waals surface area (Å²) in [4.78, 5) is 0. The average molecular weight is 407 g/mol. The summed E-state index contributed by atoms with van der Waals surface area (Å²) in [6.07, 6.45) is 9.63. The van der Waals surface area contributed by atoms with Crippen LogP contribution in [0.1, 0.15) is 74.6 Å². The van der Waals surface area contributed by atoms with E-state index in [2.05, 4.69) is 92.1 Å². The van der Waals surface area contributed by atoms with Gasteiger partial charge in [-0.1, -0.05) is 85.8 Å². The van der Waals surface area contributed by atoms with E-state index in [-0.39, 0.29) is 0 Å². The third-order valence-corrected chi connectivity index (χ3v) is 5.95. The minimum absolute atomic E-state index is 0.661. The number of allylic oxidation sites excluding steroid dienone is 4. The van der Waals surface area contributed by atoms with Crippen molar-refractivity contribution in [3.8, 4) is 23.7 Å². The predicted octanol–water partition coefficient (Wildman–Crippen LogP) is 7.94. The third-order valence-electron chi connectivity index (χ3n) is 5.95. The van der Waals surface area contributed by atoms with Gasteiger partial charge in [0.25, 0.3) is 0 Å². The van der Waals surface area contributed by atoms with Crippen LogP contribution in [0.15, 0.2) is 71.3 Å². The van der Waals surface area contributed by atoms with Crippen LogP contribution in [0.4, 0.5) is 0 Å².